The second-order valence-electron chi connectivity index (χ2n) is 5.59. The van der Waals surface area contributed by atoms with Gasteiger partial charge in [0, 0.05) is 19.5 Å². The largest absolute Gasteiger partial charge is 0.370 e. The zero-order chi connectivity index (χ0) is 15.1. The van der Waals surface area contributed by atoms with Gasteiger partial charge < -0.3 is 10.2 Å². The van der Waals surface area contributed by atoms with Crippen LogP contribution in [-0.2, 0) is 11.3 Å². The van der Waals surface area contributed by atoms with Crippen molar-refractivity contribution in [2.75, 3.05) is 18.0 Å². The number of carbonyl (C=O) groups excluding carboxylic acids is 1. The maximum absolute atomic E-state index is 11.8. The summed E-state index contributed by atoms with van der Waals surface area (Å²) in [5.41, 5.74) is 2.08. The molecule has 1 N–H and O–H groups in total. The van der Waals surface area contributed by atoms with Crippen LogP contribution in [0.2, 0.25) is 0 Å². The van der Waals surface area contributed by atoms with E-state index in [1.165, 1.54) is 18.5 Å². The van der Waals surface area contributed by atoms with Crippen molar-refractivity contribution in [3.8, 4) is 0 Å². The molecule has 1 unspecified atom stereocenters. The molecule has 21 heavy (non-hydrogen) atoms. The molecule has 1 amide bonds. The minimum Gasteiger partial charge on any atom is -0.370 e. The quantitative estimate of drug-likeness (QED) is 0.784. The summed E-state index contributed by atoms with van der Waals surface area (Å²) < 4.78 is 0. The highest BCUT2D eigenvalue weighted by Crippen LogP contribution is 2.19. The molecule has 2 heterocycles. The van der Waals surface area contributed by atoms with Crippen LogP contribution in [0.25, 0.3) is 0 Å². The molecule has 1 saturated heterocycles. The maximum atomic E-state index is 11.8. The number of nitrogens with one attached hydrogen (secondary N) is 1. The number of allylic oxidation sites excluding steroid dienone is 1. The van der Waals surface area contributed by atoms with Crippen LogP contribution in [0, 0.1) is 5.92 Å². The lowest BCUT2D eigenvalue weighted by Crippen LogP contribution is -2.25. The molecular formula is C17H25N3O. The van der Waals surface area contributed by atoms with Crippen LogP contribution >= 0.6 is 0 Å². The Balaban J connectivity index is 1.80. The second-order valence-corrected chi connectivity index (χ2v) is 5.59. The van der Waals surface area contributed by atoms with E-state index >= 15 is 0 Å². The molecule has 1 aromatic rings. The van der Waals surface area contributed by atoms with Crippen LogP contribution in [0.5, 0.6) is 0 Å². The summed E-state index contributed by atoms with van der Waals surface area (Å²) in [5, 5.41) is 2.92. The second kappa shape index (κ2) is 7.81. The molecule has 0 aliphatic carbocycles. The molecule has 0 radical (unpaired) electrons. The van der Waals surface area contributed by atoms with E-state index in [1.807, 2.05) is 18.3 Å². The van der Waals surface area contributed by atoms with Crippen LogP contribution in [0.15, 0.2) is 31.0 Å². The molecule has 0 saturated carbocycles. The van der Waals surface area contributed by atoms with Gasteiger partial charge in [0.15, 0.2) is 0 Å². The van der Waals surface area contributed by atoms with E-state index in [4.69, 9.17) is 0 Å². The first-order valence-electron chi connectivity index (χ1n) is 7.82. The Morgan fingerprint density at radius 3 is 2.81 bits per heavy atom. The topological polar surface area (TPSA) is 45.2 Å². The van der Waals surface area contributed by atoms with Gasteiger partial charge in [-0.15, -0.1) is 6.58 Å². The number of carbonyl (C=O) groups is 1. The minimum absolute atomic E-state index is 0.0622. The number of amides is 1. The van der Waals surface area contributed by atoms with E-state index in [2.05, 4.69) is 34.8 Å². The highest BCUT2D eigenvalue weighted by molar-refractivity contribution is 5.76. The highest BCUT2D eigenvalue weighted by Gasteiger charge is 2.12. The van der Waals surface area contributed by atoms with E-state index in [1.54, 1.807) is 0 Å². The van der Waals surface area contributed by atoms with Crippen LogP contribution in [0.3, 0.4) is 0 Å². The Labute approximate surface area is 127 Å². The average Bonchev–Trinajstić information content (AvgIpc) is 3.05. The summed E-state index contributed by atoms with van der Waals surface area (Å²) in [7, 11) is 0. The molecule has 4 heteroatoms. The number of aromatic nitrogens is 1. The van der Waals surface area contributed by atoms with Crippen LogP contribution < -0.4 is 10.2 Å². The summed E-state index contributed by atoms with van der Waals surface area (Å²) in [6, 6.07) is 4.09. The molecule has 2 rings (SSSR count). The summed E-state index contributed by atoms with van der Waals surface area (Å²) in [4.78, 5) is 18.6. The van der Waals surface area contributed by atoms with Crippen molar-refractivity contribution >= 4 is 11.6 Å². The maximum Gasteiger partial charge on any atom is 0.220 e. The molecule has 1 aliphatic heterocycles. The number of rotatable bonds is 7. The molecule has 114 valence electrons. The standard InChI is InChI=1S/C17H25N3O/c1-3-14(4-2)11-17(21)19-12-15-7-8-16(13-18-15)20-9-5-6-10-20/h3,7-8,13-14H,1,4-6,9-12H2,2H3,(H,19,21). The normalized spacial score (nSPS) is 15.8. The van der Waals surface area contributed by atoms with Crippen LogP contribution in [-0.4, -0.2) is 24.0 Å². The van der Waals surface area contributed by atoms with Gasteiger partial charge in [0.2, 0.25) is 5.91 Å². The van der Waals surface area contributed by atoms with Crippen LogP contribution in [0.4, 0.5) is 5.69 Å². The third-order valence-corrected chi connectivity index (χ3v) is 4.05. The van der Waals surface area contributed by atoms with Gasteiger partial charge in [-0.25, -0.2) is 0 Å². The Bertz CT molecular complexity index is 463. The molecule has 0 spiro atoms. The fourth-order valence-corrected chi connectivity index (χ4v) is 2.58. The lowest BCUT2D eigenvalue weighted by atomic mass is 10.0. The third kappa shape index (κ3) is 4.59. The van der Waals surface area contributed by atoms with E-state index in [0.29, 0.717) is 13.0 Å². The summed E-state index contributed by atoms with van der Waals surface area (Å²) in [5.74, 6) is 0.322. The number of hydrogen-bond donors (Lipinski definition) is 1. The Morgan fingerprint density at radius 1 is 1.48 bits per heavy atom. The van der Waals surface area contributed by atoms with Crippen molar-refractivity contribution < 1.29 is 4.79 Å². The summed E-state index contributed by atoms with van der Waals surface area (Å²) in [6.45, 7) is 8.56. The first kappa shape index (κ1) is 15.5. The van der Waals surface area contributed by atoms with Crippen molar-refractivity contribution in [1.82, 2.24) is 10.3 Å². The molecule has 1 aliphatic rings. The lowest BCUT2D eigenvalue weighted by molar-refractivity contribution is -0.121. The monoisotopic (exact) mass is 287 g/mol. The molecule has 1 aromatic heterocycles. The molecular weight excluding hydrogens is 262 g/mol. The van der Waals surface area contributed by atoms with E-state index in [9.17, 15) is 4.79 Å². The number of hydrogen-bond acceptors (Lipinski definition) is 3. The zero-order valence-corrected chi connectivity index (χ0v) is 12.8. The predicted molar refractivity (Wildman–Crippen MR) is 86.1 cm³/mol. The van der Waals surface area contributed by atoms with Gasteiger partial charge in [0.1, 0.15) is 0 Å². The van der Waals surface area contributed by atoms with Crippen molar-refractivity contribution in [3.63, 3.8) is 0 Å². The molecule has 4 nitrogen and oxygen atoms in total. The van der Waals surface area contributed by atoms with E-state index < -0.39 is 0 Å². The fraction of sp³-hybridized carbons (Fsp3) is 0.529. The third-order valence-electron chi connectivity index (χ3n) is 4.05. The van der Waals surface area contributed by atoms with Gasteiger partial charge in [-0.3, -0.25) is 9.78 Å². The predicted octanol–water partition coefficient (Wildman–Crippen LogP) is 2.90. The first-order valence-corrected chi connectivity index (χ1v) is 7.82. The van der Waals surface area contributed by atoms with Gasteiger partial charge in [0.05, 0.1) is 24.1 Å². The average molecular weight is 287 g/mol. The Morgan fingerprint density at radius 2 is 2.24 bits per heavy atom. The summed E-state index contributed by atoms with van der Waals surface area (Å²) in [6.07, 6.45) is 7.74. The number of pyridine rings is 1. The number of anilines is 1. The van der Waals surface area contributed by atoms with Crippen molar-refractivity contribution in [2.24, 2.45) is 5.92 Å². The van der Waals surface area contributed by atoms with Crippen molar-refractivity contribution in [3.05, 3.63) is 36.7 Å². The minimum atomic E-state index is 0.0622. The fourth-order valence-electron chi connectivity index (χ4n) is 2.58. The molecule has 1 atom stereocenters. The Kier molecular flexibility index (Phi) is 5.78. The first-order chi connectivity index (χ1) is 10.2. The lowest BCUT2D eigenvalue weighted by Gasteiger charge is -2.17. The highest BCUT2D eigenvalue weighted by atomic mass is 16.1. The van der Waals surface area contributed by atoms with Gasteiger partial charge in [-0.1, -0.05) is 13.0 Å². The van der Waals surface area contributed by atoms with Crippen molar-refractivity contribution in [2.45, 2.75) is 39.2 Å². The van der Waals surface area contributed by atoms with Gasteiger partial charge in [0.25, 0.3) is 0 Å². The molecule has 0 aromatic carbocycles. The van der Waals surface area contributed by atoms with E-state index in [0.717, 1.165) is 25.2 Å². The van der Waals surface area contributed by atoms with Gasteiger partial charge in [-0.05, 0) is 37.3 Å². The molecule has 0 bridgehead atoms. The van der Waals surface area contributed by atoms with Crippen molar-refractivity contribution in [1.29, 1.82) is 0 Å². The smallest absolute Gasteiger partial charge is 0.220 e. The number of nitrogens with zero attached hydrogens (tertiary/aromatic N) is 2. The SMILES string of the molecule is C=CC(CC)CC(=O)NCc1ccc(N2CCCC2)cn1. The van der Waals surface area contributed by atoms with Gasteiger partial charge >= 0.3 is 0 Å². The Hall–Kier alpha value is -1.84. The van der Waals surface area contributed by atoms with E-state index in [-0.39, 0.29) is 11.8 Å². The van der Waals surface area contributed by atoms with Gasteiger partial charge in [-0.2, -0.15) is 0 Å². The molecule has 1 fully saturated rings. The zero-order valence-electron chi connectivity index (χ0n) is 12.8. The van der Waals surface area contributed by atoms with Crippen LogP contribution in [0.1, 0.15) is 38.3 Å². The summed E-state index contributed by atoms with van der Waals surface area (Å²) >= 11 is 0.